The molecule has 0 aromatic heterocycles. The number of nitrogens with zero attached hydrogens (tertiary/aromatic N) is 1. The highest BCUT2D eigenvalue weighted by Crippen LogP contribution is 2.38. The molecule has 3 rings (SSSR count). The maximum atomic E-state index is 13.7. The lowest BCUT2D eigenvalue weighted by atomic mass is 9.81. The molecule has 1 fully saturated rings. The van der Waals surface area contributed by atoms with E-state index in [-0.39, 0.29) is 30.2 Å². The lowest BCUT2D eigenvalue weighted by molar-refractivity contribution is -0.146. The number of phenolic OH excluding ortho intramolecular Hbond substituents is 1. The number of β-amino-alcohol motifs (C(OH)–C–C–N with tert-alkyl or cyclic N) is 1. The van der Waals surface area contributed by atoms with E-state index in [9.17, 15) is 30.0 Å². The van der Waals surface area contributed by atoms with E-state index in [1.807, 2.05) is 44.2 Å². The van der Waals surface area contributed by atoms with Gasteiger partial charge >= 0.3 is 0 Å². The molecule has 1 aliphatic rings. The molecule has 2 aromatic carbocycles. The molecule has 0 radical (unpaired) electrons. The minimum absolute atomic E-state index is 0.0344. The van der Waals surface area contributed by atoms with Crippen molar-refractivity contribution in [3.8, 4) is 5.75 Å². The van der Waals surface area contributed by atoms with Crippen LogP contribution in [0.5, 0.6) is 5.75 Å². The summed E-state index contributed by atoms with van der Waals surface area (Å²) < 4.78 is 0. The highest BCUT2D eigenvalue weighted by Gasteiger charge is 2.53. The van der Waals surface area contributed by atoms with Crippen molar-refractivity contribution < 1.29 is 30.0 Å². The summed E-state index contributed by atoms with van der Waals surface area (Å²) in [6, 6.07) is 11.9. The quantitative estimate of drug-likeness (QED) is 0.258. The number of hydrogen-bond donors (Lipinski definition) is 6. The van der Waals surface area contributed by atoms with Crippen molar-refractivity contribution in [1.29, 1.82) is 0 Å². The zero-order valence-corrected chi connectivity index (χ0v) is 22.8. The second-order valence-electron chi connectivity index (χ2n) is 11.2. The Labute approximate surface area is 224 Å². The van der Waals surface area contributed by atoms with Crippen molar-refractivity contribution in [2.75, 3.05) is 13.1 Å². The van der Waals surface area contributed by atoms with Gasteiger partial charge in [0.05, 0.1) is 18.2 Å². The third-order valence-corrected chi connectivity index (χ3v) is 7.44. The predicted octanol–water partition coefficient (Wildman–Crippen LogP) is 1.56. The SMILES string of the molecule is Cc1c(O)cccc1C(=O)N[C@@H](Cc1ccccc1)[C@H](O)C(=O)N1C[C@@H](O)C(C)(C)[C@H]1C(O)NCC(C)C. The van der Waals surface area contributed by atoms with Crippen molar-refractivity contribution >= 4 is 11.8 Å². The van der Waals surface area contributed by atoms with Crippen LogP contribution in [-0.2, 0) is 11.2 Å². The second kappa shape index (κ2) is 12.3. The van der Waals surface area contributed by atoms with Gasteiger partial charge in [0.2, 0.25) is 0 Å². The van der Waals surface area contributed by atoms with E-state index in [4.69, 9.17) is 0 Å². The number of aliphatic hydroxyl groups excluding tert-OH is 3. The van der Waals surface area contributed by atoms with E-state index in [2.05, 4.69) is 10.6 Å². The van der Waals surface area contributed by atoms with Gasteiger partial charge in [0.1, 0.15) is 12.0 Å². The van der Waals surface area contributed by atoms with Crippen LogP contribution in [-0.4, -0.2) is 80.7 Å². The molecule has 1 unspecified atom stereocenters. The number of carbonyl (C=O) groups is 2. The summed E-state index contributed by atoms with van der Waals surface area (Å²) in [5.74, 6) is -1.02. The highest BCUT2D eigenvalue weighted by molar-refractivity contribution is 5.97. The van der Waals surface area contributed by atoms with Gasteiger partial charge in [-0.15, -0.1) is 0 Å². The summed E-state index contributed by atoms with van der Waals surface area (Å²) >= 11 is 0. The smallest absolute Gasteiger partial charge is 0.254 e. The van der Waals surface area contributed by atoms with Crippen LogP contribution in [0.3, 0.4) is 0 Å². The lowest BCUT2D eigenvalue weighted by Gasteiger charge is -2.38. The highest BCUT2D eigenvalue weighted by atomic mass is 16.3. The van der Waals surface area contributed by atoms with Crippen LogP contribution in [0.4, 0.5) is 0 Å². The van der Waals surface area contributed by atoms with Crippen molar-refractivity contribution in [1.82, 2.24) is 15.5 Å². The first-order valence-corrected chi connectivity index (χ1v) is 13.1. The Hall–Kier alpha value is -2.98. The zero-order chi connectivity index (χ0) is 28.2. The average molecular weight is 528 g/mol. The van der Waals surface area contributed by atoms with E-state index in [0.29, 0.717) is 12.1 Å². The van der Waals surface area contributed by atoms with Gasteiger partial charge in [-0.05, 0) is 43.5 Å². The molecule has 208 valence electrons. The molecule has 1 aliphatic heterocycles. The fourth-order valence-corrected chi connectivity index (χ4v) is 4.97. The number of likely N-dealkylation sites (tertiary alicyclic amines) is 1. The Kier molecular flexibility index (Phi) is 9.54. The fourth-order valence-electron chi connectivity index (χ4n) is 4.97. The summed E-state index contributed by atoms with van der Waals surface area (Å²) in [5.41, 5.74) is 0.560. The molecule has 38 heavy (non-hydrogen) atoms. The van der Waals surface area contributed by atoms with Crippen LogP contribution >= 0.6 is 0 Å². The first kappa shape index (κ1) is 29.6. The van der Waals surface area contributed by atoms with Crippen LogP contribution in [0, 0.1) is 18.3 Å². The van der Waals surface area contributed by atoms with Crippen LogP contribution < -0.4 is 10.6 Å². The van der Waals surface area contributed by atoms with E-state index in [1.54, 1.807) is 32.9 Å². The molecule has 9 nitrogen and oxygen atoms in total. The molecule has 9 heteroatoms. The van der Waals surface area contributed by atoms with Gasteiger partial charge in [0.15, 0.2) is 6.10 Å². The van der Waals surface area contributed by atoms with E-state index >= 15 is 0 Å². The number of benzene rings is 2. The number of carbonyl (C=O) groups excluding carboxylic acids is 2. The van der Waals surface area contributed by atoms with Crippen LogP contribution in [0.1, 0.15) is 49.2 Å². The number of nitrogens with one attached hydrogen (secondary N) is 2. The average Bonchev–Trinajstić information content (AvgIpc) is 3.11. The Morgan fingerprint density at radius 2 is 1.74 bits per heavy atom. The fraction of sp³-hybridized carbons (Fsp3) is 0.517. The normalized spacial score (nSPS) is 21.2. The first-order valence-electron chi connectivity index (χ1n) is 13.1. The first-order chi connectivity index (χ1) is 17.8. The molecule has 1 saturated heterocycles. The third kappa shape index (κ3) is 6.53. The Bertz CT molecular complexity index is 1110. The third-order valence-electron chi connectivity index (χ3n) is 7.44. The lowest BCUT2D eigenvalue weighted by Crippen LogP contribution is -2.59. The zero-order valence-electron chi connectivity index (χ0n) is 22.8. The minimum atomic E-state index is -1.65. The Morgan fingerprint density at radius 1 is 1.08 bits per heavy atom. The maximum absolute atomic E-state index is 13.7. The number of amides is 2. The molecule has 0 aliphatic carbocycles. The largest absolute Gasteiger partial charge is 0.508 e. The Morgan fingerprint density at radius 3 is 2.37 bits per heavy atom. The topological polar surface area (TPSA) is 142 Å². The molecule has 0 spiro atoms. The summed E-state index contributed by atoms with van der Waals surface area (Å²) in [6.07, 6.45) is -3.54. The van der Waals surface area contributed by atoms with Gasteiger partial charge in [-0.2, -0.15) is 0 Å². The van der Waals surface area contributed by atoms with Gasteiger partial charge in [-0.3, -0.25) is 14.9 Å². The number of hydrogen-bond acceptors (Lipinski definition) is 7. The summed E-state index contributed by atoms with van der Waals surface area (Å²) in [6.45, 7) is 9.59. The molecule has 2 aromatic rings. The van der Waals surface area contributed by atoms with Gasteiger partial charge in [-0.25, -0.2) is 0 Å². The van der Waals surface area contributed by atoms with Crippen molar-refractivity contribution in [2.45, 2.75) is 71.6 Å². The van der Waals surface area contributed by atoms with Gasteiger partial charge in [0, 0.05) is 23.1 Å². The van der Waals surface area contributed by atoms with Crippen LogP contribution in [0.25, 0.3) is 0 Å². The number of rotatable bonds is 10. The molecular weight excluding hydrogens is 486 g/mol. The molecule has 5 atom stereocenters. The molecule has 0 bridgehead atoms. The number of phenols is 1. The Balaban J connectivity index is 1.90. The molecule has 2 amide bonds. The maximum Gasteiger partial charge on any atom is 0.254 e. The summed E-state index contributed by atoms with van der Waals surface area (Å²) in [5, 5.41) is 49.0. The van der Waals surface area contributed by atoms with Gasteiger partial charge in [0.25, 0.3) is 11.8 Å². The molecule has 6 N–H and O–H groups in total. The van der Waals surface area contributed by atoms with Crippen LogP contribution in [0.15, 0.2) is 48.5 Å². The number of aromatic hydroxyl groups is 1. The molecule has 0 saturated carbocycles. The van der Waals surface area contributed by atoms with Gasteiger partial charge < -0.3 is 30.6 Å². The predicted molar refractivity (Wildman–Crippen MR) is 144 cm³/mol. The number of aliphatic hydroxyl groups is 3. The minimum Gasteiger partial charge on any atom is -0.508 e. The van der Waals surface area contributed by atoms with Crippen molar-refractivity contribution in [3.63, 3.8) is 0 Å². The molecular formula is C29H41N3O6. The second-order valence-corrected chi connectivity index (χ2v) is 11.2. The van der Waals surface area contributed by atoms with E-state index in [0.717, 1.165) is 5.56 Å². The van der Waals surface area contributed by atoms with Crippen molar-refractivity contribution in [3.05, 3.63) is 65.2 Å². The summed E-state index contributed by atoms with van der Waals surface area (Å²) in [4.78, 5) is 28.2. The standard InChI is InChI=1S/C29H41N3O6/c1-17(2)15-30-27(37)25-29(4,5)23(34)16-32(25)28(38)24(35)21(14-19-10-7-6-8-11-19)31-26(36)20-12-9-13-22(33)18(20)3/h6-13,17,21,23-25,27,30,33-35,37H,14-16H2,1-5H3,(H,31,36)/t21-,23+,24-,25+,27?/m0/s1. The summed E-state index contributed by atoms with van der Waals surface area (Å²) in [7, 11) is 0. The van der Waals surface area contributed by atoms with Gasteiger partial charge in [-0.1, -0.05) is 64.1 Å². The van der Waals surface area contributed by atoms with E-state index in [1.165, 1.54) is 11.0 Å². The van der Waals surface area contributed by atoms with Crippen LogP contribution in [0.2, 0.25) is 0 Å². The van der Waals surface area contributed by atoms with Crippen molar-refractivity contribution in [2.24, 2.45) is 11.3 Å². The molecule has 1 heterocycles. The monoisotopic (exact) mass is 527 g/mol. The van der Waals surface area contributed by atoms with E-state index < -0.39 is 47.7 Å².